The van der Waals surface area contributed by atoms with Gasteiger partial charge < -0.3 is 5.32 Å². The van der Waals surface area contributed by atoms with Crippen LogP contribution in [0, 0.1) is 22.9 Å². The Hall–Kier alpha value is -2.80. The van der Waals surface area contributed by atoms with E-state index < -0.39 is 4.92 Å². The molecule has 1 saturated carbocycles. The molecule has 27 heavy (non-hydrogen) atoms. The van der Waals surface area contributed by atoms with Gasteiger partial charge in [-0.25, -0.2) is 4.39 Å². The largest absolute Gasteiger partial charge is 0.326 e. The minimum Gasteiger partial charge on any atom is -0.326 e. The molecule has 0 aromatic heterocycles. The SMILES string of the molecule is Cc1cc([N+](=O)[O-])ccc1NC(=O)CCN(Cc1ccccc1F)C1CC1. The summed E-state index contributed by atoms with van der Waals surface area (Å²) in [5, 5.41) is 13.6. The fourth-order valence-electron chi connectivity index (χ4n) is 3.04. The number of benzene rings is 2. The van der Waals surface area contributed by atoms with E-state index in [0.29, 0.717) is 35.9 Å². The minimum atomic E-state index is -0.463. The van der Waals surface area contributed by atoms with E-state index in [1.165, 1.54) is 18.2 Å². The Balaban J connectivity index is 1.57. The molecule has 1 amide bonds. The number of nitro benzene ring substituents is 1. The van der Waals surface area contributed by atoms with E-state index in [-0.39, 0.29) is 23.8 Å². The van der Waals surface area contributed by atoms with E-state index in [1.807, 2.05) is 6.07 Å². The smallest absolute Gasteiger partial charge is 0.269 e. The first-order chi connectivity index (χ1) is 12.9. The van der Waals surface area contributed by atoms with Crippen molar-refractivity contribution in [2.75, 3.05) is 11.9 Å². The second-order valence-electron chi connectivity index (χ2n) is 6.85. The molecule has 6 nitrogen and oxygen atoms in total. The number of hydrogen-bond acceptors (Lipinski definition) is 4. The first-order valence-electron chi connectivity index (χ1n) is 8.96. The minimum absolute atomic E-state index is 0.00436. The van der Waals surface area contributed by atoms with Crippen molar-refractivity contribution in [3.05, 3.63) is 69.5 Å². The third kappa shape index (κ3) is 5.10. The van der Waals surface area contributed by atoms with Crippen LogP contribution in [0.4, 0.5) is 15.8 Å². The zero-order valence-corrected chi connectivity index (χ0v) is 15.2. The van der Waals surface area contributed by atoms with Gasteiger partial charge in [0.15, 0.2) is 0 Å². The van der Waals surface area contributed by atoms with Gasteiger partial charge in [-0.1, -0.05) is 18.2 Å². The van der Waals surface area contributed by atoms with E-state index in [4.69, 9.17) is 0 Å². The summed E-state index contributed by atoms with van der Waals surface area (Å²) in [6.45, 7) is 2.75. The molecule has 0 atom stereocenters. The van der Waals surface area contributed by atoms with E-state index in [0.717, 1.165) is 12.8 Å². The average molecular weight is 371 g/mol. The van der Waals surface area contributed by atoms with Gasteiger partial charge in [0.05, 0.1) is 4.92 Å². The van der Waals surface area contributed by atoms with E-state index in [2.05, 4.69) is 10.2 Å². The van der Waals surface area contributed by atoms with Gasteiger partial charge in [0, 0.05) is 48.9 Å². The number of anilines is 1. The third-order valence-electron chi connectivity index (χ3n) is 4.72. The molecule has 0 heterocycles. The number of carbonyl (C=O) groups excluding carboxylic acids is 1. The van der Waals surface area contributed by atoms with Crippen molar-refractivity contribution in [3.63, 3.8) is 0 Å². The van der Waals surface area contributed by atoms with Crippen LogP contribution in [0.5, 0.6) is 0 Å². The van der Waals surface area contributed by atoms with Crippen LogP contribution in [0.3, 0.4) is 0 Å². The molecule has 0 bridgehead atoms. The van der Waals surface area contributed by atoms with Gasteiger partial charge in [0.25, 0.3) is 5.69 Å². The van der Waals surface area contributed by atoms with Crippen molar-refractivity contribution < 1.29 is 14.1 Å². The van der Waals surface area contributed by atoms with Crippen LogP contribution in [0.25, 0.3) is 0 Å². The van der Waals surface area contributed by atoms with E-state index in [1.54, 1.807) is 25.1 Å². The Bertz CT molecular complexity index is 852. The van der Waals surface area contributed by atoms with Crippen LogP contribution in [0.2, 0.25) is 0 Å². The number of nitrogens with one attached hydrogen (secondary N) is 1. The molecule has 2 aromatic rings. The monoisotopic (exact) mass is 371 g/mol. The Labute approximate surface area is 157 Å². The number of amides is 1. The lowest BCUT2D eigenvalue weighted by atomic mass is 10.1. The van der Waals surface area contributed by atoms with Crippen LogP contribution < -0.4 is 5.32 Å². The molecule has 142 valence electrons. The molecule has 0 unspecified atom stereocenters. The van der Waals surface area contributed by atoms with Crippen molar-refractivity contribution in [1.82, 2.24) is 4.90 Å². The fraction of sp³-hybridized carbons (Fsp3) is 0.350. The lowest BCUT2D eigenvalue weighted by Gasteiger charge is -2.22. The number of aryl methyl sites for hydroxylation is 1. The van der Waals surface area contributed by atoms with Crippen molar-refractivity contribution >= 4 is 17.3 Å². The molecule has 3 rings (SSSR count). The molecule has 1 aliphatic carbocycles. The normalized spacial score (nSPS) is 13.6. The lowest BCUT2D eigenvalue weighted by molar-refractivity contribution is -0.384. The molecule has 1 N–H and O–H groups in total. The number of nitro groups is 1. The summed E-state index contributed by atoms with van der Waals surface area (Å²) in [4.78, 5) is 24.8. The standard InChI is InChI=1S/C20H22FN3O3/c1-14-12-17(24(26)27)8-9-19(14)22-20(25)10-11-23(16-6-7-16)13-15-4-2-3-5-18(15)21/h2-5,8-9,12,16H,6-7,10-11,13H2,1H3,(H,22,25). The molecular weight excluding hydrogens is 349 g/mol. The second kappa shape index (κ2) is 8.26. The Morgan fingerprint density at radius 1 is 1.30 bits per heavy atom. The zero-order valence-electron chi connectivity index (χ0n) is 15.2. The maximum atomic E-state index is 13.9. The fourth-order valence-corrected chi connectivity index (χ4v) is 3.04. The highest BCUT2D eigenvalue weighted by Gasteiger charge is 2.29. The Kier molecular flexibility index (Phi) is 5.81. The topological polar surface area (TPSA) is 75.5 Å². The van der Waals surface area contributed by atoms with Crippen LogP contribution in [0.15, 0.2) is 42.5 Å². The summed E-state index contributed by atoms with van der Waals surface area (Å²) in [7, 11) is 0. The van der Waals surface area contributed by atoms with Gasteiger partial charge in [-0.3, -0.25) is 19.8 Å². The van der Waals surface area contributed by atoms with Crippen molar-refractivity contribution in [1.29, 1.82) is 0 Å². The molecule has 1 fully saturated rings. The number of hydrogen-bond donors (Lipinski definition) is 1. The van der Waals surface area contributed by atoms with E-state index in [9.17, 15) is 19.3 Å². The van der Waals surface area contributed by atoms with Gasteiger partial charge in [-0.2, -0.15) is 0 Å². The third-order valence-corrected chi connectivity index (χ3v) is 4.72. The number of halogens is 1. The summed E-state index contributed by atoms with van der Waals surface area (Å²) < 4.78 is 13.9. The summed E-state index contributed by atoms with van der Waals surface area (Å²) >= 11 is 0. The first-order valence-corrected chi connectivity index (χ1v) is 8.96. The van der Waals surface area contributed by atoms with Crippen molar-refractivity contribution in [2.45, 2.75) is 38.8 Å². The summed E-state index contributed by atoms with van der Waals surface area (Å²) in [6.07, 6.45) is 2.41. The van der Waals surface area contributed by atoms with Crippen LogP contribution in [0.1, 0.15) is 30.4 Å². The maximum Gasteiger partial charge on any atom is 0.269 e. The molecule has 0 radical (unpaired) electrons. The van der Waals surface area contributed by atoms with E-state index >= 15 is 0 Å². The van der Waals surface area contributed by atoms with Crippen LogP contribution in [-0.4, -0.2) is 28.3 Å². The van der Waals surface area contributed by atoms with Gasteiger partial charge in [0.1, 0.15) is 5.82 Å². The number of nitrogens with zero attached hydrogens (tertiary/aromatic N) is 2. The quantitative estimate of drug-likeness (QED) is 0.561. The van der Waals surface area contributed by atoms with Gasteiger partial charge in [0.2, 0.25) is 5.91 Å². The second-order valence-corrected chi connectivity index (χ2v) is 6.85. The summed E-state index contributed by atoms with van der Waals surface area (Å²) in [5.74, 6) is -0.389. The van der Waals surface area contributed by atoms with Crippen LogP contribution >= 0.6 is 0 Å². The van der Waals surface area contributed by atoms with Crippen molar-refractivity contribution in [2.24, 2.45) is 0 Å². The molecule has 0 saturated heterocycles. The number of non-ortho nitro benzene ring substituents is 1. The highest BCUT2D eigenvalue weighted by molar-refractivity contribution is 5.91. The number of rotatable bonds is 8. The summed E-state index contributed by atoms with van der Waals surface area (Å²) in [6, 6.07) is 11.5. The zero-order chi connectivity index (χ0) is 19.4. The first kappa shape index (κ1) is 19.0. The average Bonchev–Trinajstić information content (AvgIpc) is 3.46. The molecule has 0 spiro atoms. The Morgan fingerprint density at radius 3 is 2.67 bits per heavy atom. The highest BCUT2D eigenvalue weighted by atomic mass is 19.1. The molecule has 2 aromatic carbocycles. The lowest BCUT2D eigenvalue weighted by Crippen LogP contribution is -2.30. The molecular formula is C20H22FN3O3. The van der Waals surface area contributed by atoms with Gasteiger partial charge in [-0.05, 0) is 37.5 Å². The Morgan fingerprint density at radius 2 is 2.04 bits per heavy atom. The number of carbonyl (C=O) groups is 1. The highest BCUT2D eigenvalue weighted by Crippen LogP contribution is 2.29. The van der Waals surface area contributed by atoms with Crippen molar-refractivity contribution in [3.8, 4) is 0 Å². The molecule has 7 heteroatoms. The molecule has 0 aliphatic heterocycles. The van der Waals surface area contributed by atoms with Gasteiger partial charge >= 0.3 is 0 Å². The predicted octanol–water partition coefficient (Wildman–Crippen LogP) is 4.04. The maximum absolute atomic E-state index is 13.9. The molecule has 1 aliphatic rings. The summed E-state index contributed by atoms with van der Waals surface area (Å²) in [5.41, 5.74) is 1.84. The van der Waals surface area contributed by atoms with Gasteiger partial charge in [-0.15, -0.1) is 0 Å². The predicted molar refractivity (Wildman–Crippen MR) is 101 cm³/mol. The van der Waals surface area contributed by atoms with Crippen LogP contribution in [-0.2, 0) is 11.3 Å².